The summed E-state index contributed by atoms with van der Waals surface area (Å²) < 4.78 is 1.19. The zero-order valence-electron chi connectivity index (χ0n) is 12.6. The van der Waals surface area contributed by atoms with E-state index in [1.807, 2.05) is 19.1 Å². The summed E-state index contributed by atoms with van der Waals surface area (Å²) in [5.41, 5.74) is 5.92. The van der Waals surface area contributed by atoms with Crippen molar-refractivity contribution in [1.29, 1.82) is 0 Å². The van der Waals surface area contributed by atoms with Crippen LogP contribution < -0.4 is 10.7 Å². The fourth-order valence-electron chi connectivity index (χ4n) is 2.51. The number of hydrogen-bond donors (Lipinski definition) is 2. The first-order chi connectivity index (χ1) is 10.1. The van der Waals surface area contributed by atoms with Crippen molar-refractivity contribution in [2.24, 2.45) is 11.0 Å². The van der Waals surface area contributed by atoms with Gasteiger partial charge < -0.3 is 5.32 Å². The topological polar surface area (TPSA) is 53.5 Å². The molecule has 0 radical (unpaired) electrons. The van der Waals surface area contributed by atoms with E-state index in [0.717, 1.165) is 23.4 Å². The number of nitrogens with zero attached hydrogens (tertiary/aromatic N) is 1. The number of halogens is 1. The molecule has 5 heteroatoms. The third-order valence-corrected chi connectivity index (χ3v) is 4.51. The third kappa shape index (κ3) is 4.98. The second-order valence-corrected chi connectivity index (χ2v) is 6.84. The molecular formula is C16H22IN3O. The van der Waals surface area contributed by atoms with E-state index in [1.54, 1.807) is 0 Å². The minimum atomic E-state index is -0.0989. The van der Waals surface area contributed by atoms with Gasteiger partial charge in [0.2, 0.25) is 0 Å². The Kier molecular flexibility index (Phi) is 6.02. The summed E-state index contributed by atoms with van der Waals surface area (Å²) in [6.07, 6.45) is 4.63. The lowest BCUT2D eigenvalue weighted by Gasteiger charge is -2.19. The minimum absolute atomic E-state index is 0.0989. The van der Waals surface area contributed by atoms with Crippen LogP contribution in [0.5, 0.6) is 0 Å². The summed E-state index contributed by atoms with van der Waals surface area (Å²) in [5.74, 6) is 0.392. The predicted octanol–water partition coefficient (Wildman–Crippen LogP) is 3.69. The predicted molar refractivity (Wildman–Crippen MR) is 95.6 cm³/mol. The standard InChI is InChI=1S/C16H22IN3O/c1-11-5-3-4-6-15(11)19-20-16(21)10-18-14-8-7-13(17)9-12(14)2/h7-9,11,18H,3-6,10H2,1-2H3,(H,20,21)/t11-/m1/s1. The van der Waals surface area contributed by atoms with Crippen molar-refractivity contribution in [3.8, 4) is 0 Å². The van der Waals surface area contributed by atoms with Gasteiger partial charge in [-0.05, 0) is 78.5 Å². The Labute approximate surface area is 139 Å². The van der Waals surface area contributed by atoms with Crippen LogP contribution in [0.15, 0.2) is 23.3 Å². The molecule has 0 aliphatic heterocycles. The van der Waals surface area contributed by atoms with Gasteiger partial charge >= 0.3 is 0 Å². The molecule has 0 bridgehead atoms. The molecule has 1 fully saturated rings. The maximum atomic E-state index is 11.9. The first-order valence-corrected chi connectivity index (χ1v) is 8.49. The molecule has 114 valence electrons. The quantitative estimate of drug-likeness (QED) is 0.600. The van der Waals surface area contributed by atoms with Crippen LogP contribution in [0.1, 0.15) is 38.2 Å². The molecule has 2 N–H and O–H groups in total. The lowest BCUT2D eigenvalue weighted by Crippen LogP contribution is -2.29. The molecule has 0 aromatic heterocycles. The van der Waals surface area contributed by atoms with Crippen molar-refractivity contribution in [2.75, 3.05) is 11.9 Å². The van der Waals surface area contributed by atoms with Crippen LogP contribution in [-0.4, -0.2) is 18.2 Å². The van der Waals surface area contributed by atoms with Gasteiger partial charge in [0.05, 0.1) is 6.54 Å². The highest BCUT2D eigenvalue weighted by Gasteiger charge is 2.16. The molecule has 21 heavy (non-hydrogen) atoms. The molecule has 0 heterocycles. The monoisotopic (exact) mass is 399 g/mol. The Morgan fingerprint density at radius 3 is 2.95 bits per heavy atom. The number of carbonyl (C=O) groups is 1. The Bertz CT molecular complexity index is 542. The van der Waals surface area contributed by atoms with Crippen molar-refractivity contribution in [1.82, 2.24) is 5.43 Å². The average molecular weight is 399 g/mol. The summed E-state index contributed by atoms with van der Waals surface area (Å²) in [5, 5.41) is 7.44. The van der Waals surface area contributed by atoms with Gasteiger partial charge in [0.15, 0.2) is 0 Å². The Morgan fingerprint density at radius 2 is 2.24 bits per heavy atom. The van der Waals surface area contributed by atoms with Crippen LogP contribution in [0.3, 0.4) is 0 Å². The zero-order valence-corrected chi connectivity index (χ0v) is 14.7. The van der Waals surface area contributed by atoms with Gasteiger partial charge in [-0.25, -0.2) is 5.43 Å². The second kappa shape index (κ2) is 7.77. The van der Waals surface area contributed by atoms with Gasteiger partial charge in [-0.15, -0.1) is 0 Å². The molecule has 4 nitrogen and oxygen atoms in total. The van der Waals surface area contributed by atoms with Gasteiger partial charge in [0, 0.05) is 15.0 Å². The number of anilines is 1. The van der Waals surface area contributed by atoms with Gasteiger partial charge in [0.25, 0.3) is 5.91 Å². The summed E-state index contributed by atoms with van der Waals surface area (Å²) in [4.78, 5) is 11.9. The van der Waals surface area contributed by atoms with E-state index in [-0.39, 0.29) is 12.5 Å². The fourth-order valence-corrected chi connectivity index (χ4v) is 3.16. The largest absolute Gasteiger partial charge is 0.376 e. The highest BCUT2D eigenvalue weighted by molar-refractivity contribution is 14.1. The van der Waals surface area contributed by atoms with Gasteiger partial charge in [-0.3, -0.25) is 4.79 Å². The maximum absolute atomic E-state index is 11.9. The van der Waals surface area contributed by atoms with Gasteiger partial charge in [0.1, 0.15) is 0 Å². The molecule has 0 unspecified atom stereocenters. The Balaban J connectivity index is 1.83. The van der Waals surface area contributed by atoms with Crippen LogP contribution in [0.25, 0.3) is 0 Å². The fraction of sp³-hybridized carbons (Fsp3) is 0.500. The van der Waals surface area contributed by atoms with E-state index in [1.165, 1.54) is 22.8 Å². The molecule has 2 rings (SSSR count). The number of nitrogens with one attached hydrogen (secondary N) is 2. The number of benzene rings is 1. The highest BCUT2D eigenvalue weighted by atomic mass is 127. The number of carbonyl (C=O) groups excluding carboxylic acids is 1. The van der Waals surface area contributed by atoms with Crippen LogP contribution in [0.4, 0.5) is 5.69 Å². The van der Waals surface area contributed by atoms with Gasteiger partial charge in [-0.2, -0.15) is 5.10 Å². The number of rotatable bonds is 4. The second-order valence-electron chi connectivity index (χ2n) is 5.60. The SMILES string of the molecule is Cc1cc(I)ccc1NCC(=O)NN=C1CCCC[C@H]1C. The molecule has 1 atom stereocenters. The first kappa shape index (κ1) is 16.3. The van der Waals surface area contributed by atoms with Crippen LogP contribution in [-0.2, 0) is 4.79 Å². The summed E-state index contributed by atoms with van der Waals surface area (Å²) in [6.45, 7) is 4.45. The summed E-state index contributed by atoms with van der Waals surface area (Å²) >= 11 is 2.28. The smallest absolute Gasteiger partial charge is 0.259 e. The van der Waals surface area contributed by atoms with Crippen molar-refractivity contribution >= 4 is 39.9 Å². The lowest BCUT2D eigenvalue weighted by molar-refractivity contribution is -0.119. The van der Waals surface area contributed by atoms with E-state index in [9.17, 15) is 4.79 Å². The Morgan fingerprint density at radius 1 is 1.43 bits per heavy atom. The van der Waals surface area contributed by atoms with Crippen molar-refractivity contribution in [2.45, 2.75) is 39.5 Å². The molecule has 0 spiro atoms. The number of hydrogen-bond acceptors (Lipinski definition) is 3. The average Bonchev–Trinajstić information content (AvgIpc) is 2.45. The molecule has 0 saturated heterocycles. The number of hydrazone groups is 1. The molecule has 1 aliphatic carbocycles. The molecule has 1 aliphatic rings. The number of amides is 1. The van der Waals surface area contributed by atoms with Crippen LogP contribution in [0.2, 0.25) is 0 Å². The minimum Gasteiger partial charge on any atom is -0.376 e. The van der Waals surface area contributed by atoms with E-state index in [4.69, 9.17) is 0 Å². The Hall–Kier alpha value is -1.11. The lowest BCUT2D eigenvalue weighted by atomic mass is 9.89. The first-order valence-electron chi connectivity index (χ1n) is 7.41. The van der Waals surface area contributed by atoms with Crippen LogP contribution >= 0.6 is 22.6 Å². The summed E-state index contributed by atoms with van der Waals surface area (Å²) in [6, 6.07) is 6.11. The van der Waals surface area contributed by atoms with Crippen molar-refractivity contribution in [3.05, 3.63) is 27.3 Å². The van der Waals surface area contributed by atoms with E-state index < -0.39 is 0 Å². The number of aryl methyl sites for hydroxylation is 1. The van der Waals surface area contributed by atoms with E-state index in [2.05, 4.69) is 51.4 Å². The third-order valence-electron chi connectivity index (χ3n) is 3.84. The molecular weight excluding hydrogens is 377 g/mol. The van der Waals surface area contributed by atoms with Gasteiger partial charge in [-0.1, -0.05) is 13.3 Å². The van der Waals surface area contributed by atoms with E-state index >= 15 is 0 Å². The zero-order chi connectivity index (χ0) is 15.2. The summed E-state index contributed by atoms with van der Waals surface area (Å²) in [7, 11) is 0. The normalized spacial score (nSPS) is 20.3. The highest BCUT2D eigenvalue weighted by Crippen LogP contribution is 2.20. The van der Waals surface area contributed by atoms with Crippen molar-refractivity contribution < 1.29 is 4.79 Å². The van der Waals surface area contributed by atoms with E-state index in [0.29, 0.717) is 5.92 Å². The molecule has 1 aromatic carbocycles. The molecule has 1 amide bonds. The van der Waals surface area contributed by atoms with Crippen molar-refractivity contribution in [3.63, 3.8) is 0 Å². The molecule has 1 aromatic rings. The van der Waals surface area contributed by atoms with Crippen LogP contribution in [0, 0.1) is 16.4 Å². The maximum Gasteiger partial charge on any atom is 0.259 e. The molecule has 1 saturated carbocycles.